The molecule has 4 rings (SSSR count). The molecule has 0 bridgehead atoms. The topological polar surface area (TPSA) is 43.0 Å². The summed E-state index contributed by atoms with van der Waals surface area (Å²) >= 11 is 5.88. The second-order valence-corrected chi connectivity index (χ2v) is 8.69. The minimum atomic E-state index is -0.298. The Morgan fingerprint density at radius 3 is 2.47 bits per heavy atom. The first-order chi connectivity index (χ1) is 16.4. The van der Waals surface area contributed by atoms with Gasteiger partial charge in [-0.2, -0.15) is 0 Å². The molecule has 3 aromatic rings. The van der Waals surface area contributed by atoms with Crippen LogP contribution in [0.5, 0.6) is 17.2 Å². The molecule has 1 unspecified atom stereocenters. The Morgan fingerprint density at radius 1 is 1.06 bits per heavy atom. The number of rotatable bonds is 6. The number of hydrogen-bond donors (Lipinski definition) is 1. The average molecular weight is 481 g/mol. The summed E-state index contributed by atoms with van der Waals surface area (Å²) in [4.78, 5) is 2.15. The van der Waals surface area contributed by atoms with Crippen molar-refractivity contribution in [3.8, 4) is 17.2 Å². The molecule has 0 saturated carbocycles. The van der Waals surface area contributed by atoms with Crippen LogP contribution in [0.1, 0.15) is 28.3 Å². The molecule has 0 spiro atoms. The Bertz CT molecular complexity index is 1180. The maximum absolute atomic E-state index is 13.4. The average Bonchev–Trinajstić information content (AvgIpc) is 2.85. The fourth-order valence-electron chi connectivity index (χ4n) is 4.23. The maximum Gasteiger partial charge on any atom is 0.174 e. The van der Waals surface area contributed by atoms with Crippen LogP contribution in [-0.4, -0.2) is 37.4 Å². The van der Waals surface area contributed by atoms with Gasteiger partial charge in [0.15, 0.2) is 16.6 Å². The van der Waals surface area contributed by atoms with Crippen molar-refractivity contribution in [2.75, 3.05) is 32.7 Å². The van der Waals surface area contributed by atoms with Crippen molar-refractivity contribution in [3.05, 3.63) is 82.7 Å². The molecule has 0 fully saturated rings. The van der Waals surface area contributed by atoms with E-state index in [1.165, 1.54) is 17.7 Å². The molecule has 0 amide bonds. The number of nitrogens with zero attached hydrogens (tertiary/aromatic N) is 1. The summed E-state index contributed by atoms with van der Waals surface area (Å²) in [5.74, 6) is 1.65. The van der Waals surface area contributed by atoms with Crippen LogP contribution >= 0.6 is 12.2 Å². The molecule has 1 aliphatic heterocycles. The van der Waals surface area contributed by atoms with E-state index >= 15 is 0 Å². The third-order valence-corrected chi connectivity index (χ3v) is 6.67. The van der Waals surface area contributed by atoms with Gasteiger partial charge >= 0.3 is 0 Å². The van der Waals surface area contributed by atoms with E-state index in [1.807, 2.05) is 24.3 Å². The van der Waals surface area contributed by atoms with Crippen LogP contribution < -0.4 is 19.5 Å². The van der Waals surface area contributed by atoms with Gasteiger partial charge in [-0.3, -0.25) is 0 Å². The summed E-state index contributed by atoms with van der Waals surface area (Å²) < 4.78 is 30.5. The normalized spacial score (nSPS) is 14.9. The van der Waals surface area contributed by atoms with Crippen molar-refractivity contribution in [2.24, 2.45) is 0 Å². The van der Waals surface area contributed by atoms with E-state index in [0.717, 1.165) is 35.3 Å². The van der Waals surface area contributed by atoms with Crippen molar-refractivity contribution < 1.29 is 18.6 Å². The number of ether oxygens (including phenoxy) is 3. The third-order valence-electron chi connectivity index (χ3n) is 6.33. The zero-order valence-corrected chi connectivity index (χ0v) is 20.7. The van der Waals surface area contributed by atoms with Crippen molar-refractivity contribution >= 4 is 23.0 Å². The minimum Gasteiger partial charge on any atom is -0.493 e. The second-order valence-electron chi connectivity index (χ2n) is 8.31. The first kappa shape index (κ1) is 23.8. The van der Waals surface area contributed by atoms with Crippen LogP contribution in [0, 0.1) is 19.7 Å². The van der Waals surface area contributed by atoms with Crippen LogP contribution in [0.25, 0.3) is 0 Å². The quantitative estimate of drug-likeness (QED) is 0.448. The maximum atomic E-state index is 13.4. The number of benzene rings is 3. The summed E-state index contributed by atoms with van der Waals surface area (Å²) in [6.07, 6.45) is 0.803. The predicted octanol–water partition coefficient (Wildman–Crippen LogP) is 5.83. The van der Waals surface area contributed by atoms with Crippen molar-refractivity contribution in [1.82, 2.24) is 4.90 Å². The highest BCUT2D eigenvalue weighted by molar-refractivity contribution is 7.80. The van der Waals surface area contributed by atoms with Gasteiger partial charge in [-0.25, -0.2) is 4.39 Å². The van der Waals surface area contributed by atoms with Gasteiger partial charge in [-0.05, 0) is 97.2 Å². The molecule has 5 nitrogen and oxygen atoms in total. The lowest BCUT2D eigenvalue weighted by molar-refractivity contribution is 0.190. The number of halogens is 1. The Morgan fingerprint density at radius 2 is 1.76 bits per heavy atom. The number of anilines is 1. The van der Waals surface area contributed by atoms with E-state index in [2.05, 4.69) is 30.1 Å². The molecule has 1 heterocycles. The summed E-state index contributed by atoms with van der Waals surface area (Å²) in [7, 11) is 3.26. The number of methoxy groups -OCH3 is 2. The molecule has 0 aliphatic carbocycles. The SMILES string of the molecule is COc1cc2c(cc1OC)C(COc1ccc(F)cc1)N(C(=S)Nc1cccc(C)c1C)CC2. The zero-order chi connectivity index (χ0) is 24.2. The lowest BCUT2D eigenvalue weighted by Crippen LogP contribution is -2.44. The van der Waals surface area contributed by atoms with Gasteiger partial charge in [0.2, 0.25) is 0 Å². The fourth-order valence-corrected chi connectivity index (χ4v) is 4.56. The molecular weight excluding hydrogens is 451 g/mol. The molecule has 34 heavy (non-hydrogen) atoms. The van der Waals surface area contributed by atoms with E-state index in [9.17, 15) is 4.39 Å². The molecule has 0 radical (unpaired) electrons. The van der Waals surface area contributed by atoms with Crippen LogP contribution in [0.4, 0.5) is 10.1 Å². The summed E-state index contributed by atoms with van der Waals surface area (Å²) in [5.41, 5.74) is 5.58. The largest absolute Gasteiger partial charge is 0.493 e. The van der Waals surface area contributed by atoms with E-state index in [0.29, 0.717) is 29.0 Å². The number of thiocarbonyl (C=S) groups is 1. The number of nitrogens with one attached hydrogen (secondary N) is 1. The molecule has 3 aromatic carbocycles. The zero-order valence-electron chi connectivity index (χ0n) is 19.9. The highest BCUT2D eigenvalue weighted by Gasteiger charge is 2.31. The van der Waals surface area contributed by atoms with E-state index in [4.69, 9.17) is 26.4 Å². The van der Waals surface area contributed by atoms with Gasteiger partial charge < -0.3 is 24.4 Å². The fraction of sp³-hybridized carbons (Fsp3) is 0.296. The van der Waals surface area contributed by atoms with Crippen molar-refractivity contribution in [2.45, 2.75) is 26.3 Å². The molecule has 178 valence electrons. The Hall–Kier alpha value is -3.32. The standard InChI is InChI=1S/C27H29FN2O3S/c1-17-6-5-7-23(18(17)2)29-27(34)30-13-12-19-14-25(31-3)26(32-4)15-22(19)24(30)16-33-21-10-8-20(28)9-11-21/h5-11,14-15,24H,12-13,16H2,1-4H3,(H,29,34). The number of hydrogen-bond acceptors (Lipinski definition) is 4. The predicted molar refractivity (Wildman–Crippen MR) is 137 cm³/mol. The molecule has 0 aromatic heterocycles. The minimum absolute atomic E-state index is 0.168. The Kier molecular flexibility index (Phi) is 7.22. The van der Waals surface area contributed by atoms with Gasteiger partial charge in [-0.15, -0.1) is 0 Å². The van der Waals surface area contributed by atoms with Gasteiger partial charge in [0, 0.05) is 12.2 Å². The monoisotopic (exact) mass is 480 g/mol. The van der Waals surface area contributed by atoms with Gasteiger partial charge in [0.25, 0.3) is 0 Å². The smallest absolute Gasteiger partial charge is 0.174 e. The van der Waals surface area contributed by atoms with Crippen LogP contribution in [-0.2, 0) is 6.42 Å². The summed E-state index contributed by atoms with van der Waals surface area (Å²) in [6, 6.07) is 16.0. The van der Waals surface area contributed by atoms with Crippen molar-refractivity contribution in [3.63, 3.8) is 0 Å². The molecule has 1 aliphatic rings. The van der Waals surface area contributed by atoms with Crippen LogP contribution in [0.3, 0.4) is 0 Å². The molecule has 0 saturated heterocycles. The van der Waals surface area contributed by atoms with E-state index in [-0.39, 0.29) is 11.9 Å². The first-order valence-electron chi connectivity index (χ1n) is 11.2. The summed E-state index contributed by atoms with van der Waals surface area (Å²) in [5, 5.41) is 4.06. The lowest BCUT2D eigenvalue weighted by atomic mass is 9.92. The number of aryl methyl sites for hydroxylation is 1. The Balaban J connectivity index is 1.66. The second kappa shape index (κ2) is 10.3. The van der Waals surface area contributed by atoms with Crippen molar-refractivity contribution in [1.29, 1.82) is 0 Å². The highest BCUT2D eigenvalue weighted by atomic mass is 32.1. The van der Waals surface area contributed by atoms with Crippen LogP contribution in [0.2, 0.25) is 0 Å². The first-order valence-corrected chi connectivity index (χ1v) is 11.6. The summed E-state index contributed by atoms with van der Waals surface area (Å²) in [6.45, 7) is 5.22. The third kappa shape index (κ3) is 4.94. The molecule has 1 atom stereocenters. The molecule has 7 heteroatoms. The van der Waals surface area contributed by atoms with E-state index < -0.39 is 0 Å². The lowest BCUT2D eigenvalue weighted by Gasteiger charge is -2.39. The molecule has 1 N–H and O–H groups in total. The van der Waals surface area contributed by atoms with Crippen LogP contribution in [0.15, 0.2) is 54.6 Å². The van der Waals surface area contributed by atoms with Gasteiger partial charge in [0.1, 0.15) is 18.2 Å². The Labute approximate surface area is 205 Å². The van der Waals surface area contributed by atoms with Gasteiger partial charge in [0.05, 0.1) is 20.3 Å². The highest BCUT2D eigenvalue weighted by Crippen LogP contribution is 2.39. The number of fused-ring (bicyclic) bond motifs is 1. The van der Waals surface area contributed by atoms with Gasteiger partial charge in [-0.1, -0.05) is 12.1 Å². The molecular formula is C27H29FN2O3S. The van der Waals surface area contributed by atoms with E-state index in [1.54, 1.807) is 26.4 Å².